The molecule has 0 aliphatic heterocycles. The van der Waals surface area contributed by atoms with Crippen LogP contribution in [-0.4, -0.2) is 33.1 Å². The van der Waals surface area contributed by atoms with E-state index in [1.807, 2.05) is 0 Å². The topological polar surface area (TPSA) is 92.2 Å². The largest absolute Gasteiger partial charge is 0.481 e. The zero-order valence-corrected chi connectivity index (χ0v) is 10.00. The number of carboxylic acid groups (broad SMARTS) is 1. The molecule has 1 heterocycles. The Bertz CT molecular complexity index is 414. The fourth-order valence-electron chi connectivity index (χ4n) is 2.04. The molecule has 0 saturated heterocycles. The number of rotatable bonds is 5. The molecule has 17 heavy (non-hydrogen) atoms. The average Bonchev–Trinajstić information content (AvgIpc) is 2.74. The van der Waals surface area contributed by atoms with E-state index in [0.29, 0.717) is 11.4 Å². The molecular weight excluding hydrogens is 242 g/mol. The quantitative estimate of drug-likeness (QED) is 0.816. The molecule has 1 aromatic heterocycles. The van der Waals surface area contributed by atoms with Gasteiger partial charge in [0.2, 0.25) is 0 Å². The van der Waals surface area contributed by atoms with Crippen LogP contribution in [0.15, 0.2) is 6.20 Å². The average molecular weight is 255 g/mol. The van der Waals surface area contributed by atoms with Gasteiger partial charge in [-0.15, -0.1) is 5.10 Å². The van der Waals surface area contributed by atoms with E-state index in [2.05, 4.69) is 14.9 Å². The molecule has 2 rings (SSSR count). The van der Waals surface area contributed by atoms with Crippen LogP contribution in [0.3, 0.4) is 0 Å². The summed E-state index contributed by atoms with van der Waals surface area (Å²) < 4.78 is 3.61. The van der Waals surface area contributed by atoms with Gasteiger partial charge < -0.3 is 10.4 Å². The minimum Gasteiger partial charge on any atom is -0.481 e. The first-order valence-electron chi connectivity index (χ1n) is 5.39. The summed E-state index contributed by atoms with van der Waals surface area (Å²) in [4.78, 5) is 22.9. The molecule has 1 fully saturated rings. The van der Waals surface area contributed by atoms with Gasteiger partial charge >= 0.3 is 5.97 Å². The lowest BCUT2D eigenvalue weighted by atomic mass is 9.66. The van der Waals surface area contributed by atoms with Gasteiger partial charge in [0.15, 0.2) is 0 Å². The number of nitrogens with zero attached hydrogens (tertiary/aromatic N) is 2. The number of amides is 1. The normalized spacial score (nSPS) is 17.2. The Labute approximate surface area is 102 Å². The summed E-state index contributed by atoms with van der Waals surface area (Å²) in [6.07, 6.45) is 4.28. The molecule has 0 spiro atoms. The molecule has 1 amide bonds. The summed E-state index contributed by atoms with van der Waals surface area (Å²) in [6, 6.07) is 0. The lowest BCUT2D eigenvalue weighted by Gasteiger charge is -2.40. The van der Waals surface area contributed by atoms with Crippen LogP contribution in [0, 0.1) is 5.41 Å². The molecule has 92 valence electrons. The van der Waals surface area contributed by atoms with Gasteiger partial charge in [-0.3, -0.25) is 9.59 Å². The number of aromatic nitrogens is 2. The molecular formula is C10H13N3O3S. The Balaban J connectivity index is 1.88. The molecule has 0 aromatic carbocycles. The number of hydrogen-bond donors (Lipinski definition) is 2. The van der Waals surface area contributed by atoms with Crippen molar-refractivity contribution in [1.82, 2.24) is 14.9 Å². The van der Waals surface area contributed by atoms with E-state index in [4.69, 9.17) is 5.11 Å². The van der Waals surface area contributed by atoms with Crippen molar-refractivity contribution in [1.29, 1.82) is 0 Å². The van der Waals surface area contributed by atoms with Crippen LogP contribution in [0.5, 0.6) is 0 Å². The second kappa shape index (κ2) is 4.79. The molecule has 2 N–H and O–H groups in total. The van der Waals surface area contributed by atoms with Crippen LogP contribution in [0.1, 0.15) is 35.4 Å². The standard InChI is InChI=1S/C10H13N3O3S/c14-8(15)4-10(2-1-3-10)6-11-9(16)7-5-12-13-17-7/h5H,1-4,6H2,(H,11,16)(H,14,15). The zero-order chi connectivity index (χ0) is 12.3. The predicted molar refractivity (Wildman–Crippen MR) is 60.8 cm³/mol. The first kappa shape index (κ1) is 12.0. The summed E-state index contributed by atoms with van der Waals surface area (Å²) in [7, 11) is 0. The van der Waals surface area contributed by atoms with Crippen molar-refractivity contribution in [3.63, 3.8) is 0 Å². The maximum atomic E-state index is 11.7. The van der Waals surface area contributed by atoms with Crippen molar-refractivity contribution in [2.75, 3.05) is 6.54 Å². The lowest BCUT2D eigenvalue weighted by Crippen LogP contribution is -2.43. The number of nitrogens with one attached hydrogen (secondary N) is 1. The Morgan fingerprint density at radius 3 is 2.76 bits per heavy atom. The van der Waals surface area contributed by atoms with Gasteiger partial charge in [0, 0.05) is 6.54 Å². The minimum absolute atomic E-state index is 0.119. The Morgan fingerprint density at radius 2 is 2.29 bits per heavy atom. The maximum Gasteiger partial charge on any atom is 0.303 e. The number of hydrogen-bond acceptors (Lipinski definition) is 5. The van der Waals surface area contributed by atoms with Crippen LogP contribution in [0.25, 0.3) is 0 Å². The summed E-state index contributed by atoms with van der Waals surface area (Å²) in [5.74, 6) is -1.03. The highest BCUT2D eigenvalue weighted by Crippen LogP contribution is 2.43. The van der Waals surface area contributed by atoms with Crippen LogP contribution in [0.4, 0.5) is 0 Å². The van der Waals surface area contributed by atoms with Crippen molar-refractivity contribution in [3.05, 3.63) is 11.1 Å². The van der Waals surface area contributed by atoms with Crippen molar-refractivity contribution < 1.29 is 14.7 Å². The molecule has 1 aliphatic rings. The van der Waals surface area contributed by atoms with E-state index >= 15 is 0 Å². The van der Waals surface area contributed by atoms with E-state index in [-0.39, 0.29) is 17.7 Å². The highest BCUT2D eigenvalue weighted by Gasteiger charge is 2.39. The summed E-state index contributed by atoms with van der Waals surface area (Å²) >= 11 is 1.03. The molecule has 0 radical (unpaired) electrons. The van der Waals surface area contributed by atoms with E-state index in [0.717, 1.165) is 30.8 Å². The number of carbonyl (C=O) groups is 2. The zero-order valence-electron chi connectivity index (χ0n) is 9.18. The van der Waals surface area contributed by atoms with Crippen LogP contribution in [-0.2, 0) is 4.79 Å². The number of carbonyl (C=O) groups excluding carboxylic acids is 1. The van der Waals surface area contributed by atoms with Gasteiger partial charge in [-0.1, -0.05) is 10.9 Å². The molecule has 7 heteroatoms. The third-order valence-electron chi connectivity index (χ3n) is 3.15. The third kappa shape index (κ3) is 2.79. The molecule has 1 aromatic rings. The van der Waals surface area contributed by atoms with E-state index in [1.54, 1.807) is 0 Å². The fourth-order valence-corrected chi connectivity index (χ4v) is 2.47. The van der Waals surface area contributed by atoms with Crippen LogP contribution >= 0.6 is 11.5 Å². The molecule has 0 bridgehead atoms. The van der Waals surface area contributed by atoms with Gasteiger partial charge in [-0.05, 0) is 29.8 Å². The minimum atomic E-state index is -0.807. The smallest absolute Gasteiger partial charge is 0.303 e. The van der Waals surface area contributed by atoms with Crippen LogP contribution in [0.2, 0.25) is 0 Å². The highest BCUT2D eigenvalue weighted by atomic mass is 32.1. The number of carboxylic acids is 1. The Hall–Kier alpha value is -1.50. The predicted octanol–water partition coefficient (Wildman–Crippen LogP) is 0.913. The van der Waals surface area contributed by atoms with E-state index < -0.39 is 5.97 Å². The maximum absolute atomic E-state index is 11.7. The second-order valence-electron chi connectivity index (χ2n) is 4.39. The molecule has 1 aliphatic carbocycles. The van der Waals surface area contributed by atoms with E-state index in [1.165, 1.54) is 6.20 Å². The van der Waals surface area contributed by atoms with Gasteiger partial charge in [-0.25, -0.2) is 0 Å². The van der Waals surface area contributed by atoms with Gasteiger partial charge in [0.1, 0.15) is 4.88 Å². The molecule has 0 unspecified atom stereocenters. The highest BCUT2D eigenvalue weighted by molar-refractivity contribution is 7.07. The molecule has 0 atom stereocenters. The summed E-state index contributed by atoms with van der Waals surface area (Å²) in [5, 5.41) is 15.2. The lowest BCUT2D eigenvalue weighted by molar-refractivity contribution is -0.141. The molecule has 6 nitrogen and oxygen atoms in total. The van der Waals surface area contributed by atoms with Gasteiger partial charge in [0.05, 0.1) is 12.6 Å². The first-order chi connectivity index (χ1) is 8.11. The van der Waals surface area contributed by atoms with Gasteiger partial charge in [0.25, 0.3) is 5.91 Å². The van der Waals surface area contributed by atoms with Crippen molar-refractivity contribution in [2.45, 2.75) is 25.7 Å². The Kier molecular flexibility index (Phi) is 3.37. The number of aliphatic carboxylic acids is 1. The van der Waals surface area contributed by atoms with Crippen molar-refractivity contribution in [2.24, 2.45) is 5.41 Å². The molecule has 1 saturated carbocycles. The van der Waals surface area contributed by atoms with Crippen molar-refractivity contribution >= 4 is 23.4 Å². The Morgan fingerprint density at radius 1 is 1.53 bits per heavy atom. The van der Waals surface area contributed by atoms with Crippen molar-refractivity contribution in [3.8, 4) is 0 Å². The summed E-state index contributed by atoms with van der Waals surface area (Å²) in [6.45, 7) is 0.413. The van der Waals surface area contributed by atoms with Gasteiger partial charge in [-0.2, -0.15) is 0 Å². The fraction of sp³-hybridized carbons (Fsp3) is 0.600. The summed E-state index contributed by atoms with van der Waals surface area (Å²) in [5.41, 5.74) is -0.250. The van der Waals surface area contributed by atoms with Crippen LogP contribution < -0.4 is 5.32 Å². The third-order valence-corrected chi connectivity index (χ3v) is 3.81. The SMILES string of the molecule is O=C(O)CC1(CNC(=O)c2cnns2)CCC1. The van der Waals surface area contributed by atoms with E-state index in [9.17, 15) is 9.59 Å². The monoisotopic (exact) mass is 255 g/mol. The second-order valence-corrected chi connectivity index (χ2v) is 5.17. The first-order valence-corrected chi connectivity index (χ1v) is 6.16.